The molecular formula is C24H23ClN4O2. The number of aliphatic hydroxyl groups is 1. The molecule has 0 saturated carbocycles. The molecule has 0 unspecified atom stereocenters. The van der Waals surface area contributed by atoms with Crippen LogP contribution in [0.5, 0.6) is 0 Å². The molecule has 31 heavy (non-hydrogen) atoms. The molecule has 4 aromatic rings. The number of hydrogen-bond donors (Lipinski definition) is 2. The minimum absolute atomic E-state index is 0.394. The maximum absolute atomic E-state index is 10.5. The molecule has 0 saturated heterocycles. The zero-order valence-electron chi connectivity index (χ0n) is 17.6. The van der Waals surface area contributed by atoms with E-state index in [1.54, 1.807) is 26.1 Å². The molecule has 2 N–H and O–H groups in total. The molecule has 0 aliphatic carbocycles. The molecule has 0 bridgehead atoms. The van der Waals surface area contributed by atoms with E-state index in [4.69, 9.17) is 16.0 Å². The number of nitrogens with one attached hydrogen (secondary N) is 1. The molecule has 6 nitrogen and oxygen atoms in total. The molecule has 0 radical (unpaired) electrons. The first-order valence-electron chi connectivity index (χ1n) is 10.0. The third-order valence-corrected chi connectivity index (χ3v) is 5.03. The maximum Gasteiger partial charge on any atom is 0.228 e. The fourth-order valence-electron chi connectivity index (χ4n) is 3.04. The van der Waals surface area contributed by atoms with E-state index >= 15 is 0 Å². The highest BCUT2D eigenvalue weighted by Gasteiger charge is 2.20. The number of rotatable bonds is 6. The lowest BCUT2D eigenvalue weighted by molar-refractivity contribution is 0.0739. The van der Waals surface area contributed by atoms with Gasteiger partial charge in [-0.15, -0.1) is 0 Å². The predicted molar refractivity (Wildman–Crippen MR) is 122 cm³/mol. The number of benzene rings is 2. The van der Waals surface area contributed by atoms with Crippen molar-refractivity contribution in [2.75, 3.05) is 5.32 Å². The van der Waals surface area contributed by atoms with Gasteiger partial charge in [-0.3, -0.25) is 0 Å². The normalized spacial score (nSPS) is 11.5. The number of halogens is 1. The van der Waals surface area contributed by atoms with Crippen LogP contribution in [0, 0.1) is 0 Å². The van der Waals surface area contributed by atoms with Gasteiger partial charge in [0.25, 0.3) is 0 Å². The summed E-state index contributed by atoms with van der Waals surface area (Å²) in [5.74, 6) is 1.84. The Morgan fingerprint density at radius 2 is 1.68 bits per heavy atom. The van der Waals surface area contributed by atoms with Gasteiger partial charge in [-0.05, 0) is 56.3 Å². The van der Waals surface area contributed by atoms with Crippen LogP contribution in [-0.4, -0.2) is 20.1 Å². The molecule has 0 spiro atoms. The fourth-order valence-corrected chi connectivity index (χ4v) is 3.17. The Kier molecular flexibility index (Phi) is 5.76. The average Bonchev–Trinajstić information content (AvgIpc) is 3.23. The van der Waals surface area contributed by atoms with Crippen molar-refractivity contribution in [3.63, 3.8) is 0 Å². The first-order valence-corrected chi connectivity index (χ1v) is 10.4. The van der Waals surface area contributed by atoms with Gasteiger partial charge in [0.2, 0.25) is 5.95 Å². The highest BCUT2D eigenvalue weighted by atomic mass is 35.5. The van der Waals surface area contributed by atoms with Gasteiger partial charge in [0, 0.05) is 28.3 Å². The summed E-state index contributed by atoms with van der Waals surface area (Å²) < 4.78 is 5.71. The Balaban J connectivity index is 1.64. The maximum atomic E-state index is 10.5. The van der Waals surface area contributed by atoms with E-state index < -0.39 is 5.60 Å². The number of oxazole rings is 1. The summed E-state index contributed by atoms with van der Waals surface area (Å²) in [6.07, 6.45) is 2.49. The summed E-state index contributed by atoms with van der Waals surface area (Å²) in [5, 5.41) is 14.4. The summed E-state index contributed by atoms with van der Waals surface area (Å²) in [6, 6.07) is 16.9. The predicted octanol–water partition coefficient (Wildman–Crippen LogP) is 5.99. The number of anilines is 2. The minimum Gasteiger partial charge on any atom is -0.441 e. The quantitative estimate of drug-likeness (QED) is 0.388. The van der Waals surface area contributed by atoms with Crippen molar-refractivity contribution in [1.82, 2.24) is 15.0 Å². The molecule has 0 atom stereocenters. The average molecular weight is 435 g/mol. The van der Waals surface area contributed by atoms with Crippen molar-refractivity contribution >= 4 is 23.2 Å². The van der Waals surface area contributed by atoms with Crippen LogP contribution in [0.25, 0.3) is 22.6 Å². The number of aromatic nitrogens is 3. The van der Waals surface area contributed by atoms with Gasteiger partial charge < -0.3 is 14.8 Å². The monoisotopic (exact) mass is 434 g/mol. The lowest BCUT2D eigenvalue weighted by atomic mass is 10.0. The second kappa shape index (κ2) is 8.49. The zero-order chi connectivity index (χ0) is 22.0. The summed E-state index contributed by atoms with van der Waals surface area (Å²) in [6.45, 7) is 5.39. The van der Waals surface area contributed by atoms with Gasteiger partial charge in [-0.1, -0.05) is 30.7 Å². The second-order valence-corrected chi connectivity index (χ2v) is 8.14. The van der Waals surface area contributed by atoms with E-state index in [1.165, 1.54) is 0 Å². The highest BCUT2D eigenvalue weighted by molar-refractivity contribution is 6.30. The van der Waals surface area contributed by atoms with E-state index in [0.29, 0.717) is 28.2 Å². The van der Waals surface area contributed by atoms with Crippen molar-refractivity contribution in [2.45, 2.75) is 32.8 Å². The molecule has 4 rings (SSSR count). The van der Waals surface area contributed by atoms with Crippen LogP contribution >= 0.6 is 11.6 Å². The van der Waals surface area contributed by atoms with Gasteiger partial charge >= 0.3 is 0 Å². The van der Waals surface area contributed by atoms with Crippen LogP contribution in [0.15, 0.2) is 65.2 Å². The molecule has 7 heteroatoms. The molecule has 0 aliphatic rings. The van der Waals surface area contributed by atoms with Gasteiger partial charge in [-0.25, -0.2) is 15.0 Å². The van der Waals surface area contributed by atoms with Crippen molar-refractivity contribution in [3.8, 4) is 22.6 Å². The smallest absolute Gasteiger partial charge is 0.228 e. The number of nitrogens with zero attached hydrogens (tertiary/aromatic N) is 3. The minimum atomic E-state index is -1.12. The Bertz CT molecular complexity index is 1180. The molecule has 2 heterocycles. The fraction of sp³-hybridized carbons (Fsp3) is 0.208. The molecule has 2 aromatic heterocycles. The summed E-state index contributed by atoms with van der Waals surface area (Å²) >= 11 is 6.01. The Morgan fingerprint density at radius 3 is 2.29 bits per heavy atom. The summed E-state index contributed by atoms with van der Waals surface area (Å²) in [7, 11) is 0. The van der Waals surface area contributed by atoms with Crippen molar-refractivity contribution in [3.05, 3.63) is 77.4 Å². The Hall–Kier alpha value is -3.22. The third-order valence-electron chi connectivity index (χ3n) is 4.77. The summed E-state index contributed by atoms with van der Waals surface area (Å²) in [4.78, 5) is 13.4. The van der Waals surface area contributed by atoms with Gasteiger partial charge in [0.15, 0.2) is 11.7 Å². The third kappa shape index (κ3) is 4.93. The highest BCUT2D eigenvalue weighted by Crippen LogP contribution is 2.28. The van der Waals surface area contributed by atoms with E-state index in [1.807, 2.05) is 55.5 Å². The van der Waals surface area contributed by atoms with Crippen LogP contribution in [0.4, 0.5) is 11.6 Å². The SMILES string of the molecule is CCc1ncc(-c2ccc(Nc3nc(-c4ccc(Cl)cc4)cc(C(C)(C)O)n3)cc2)o1. The molecule has 2 aromatic carbocycles. The van der Waals surface area contributed by atoms with Crippen molar-refractivity contribution in [2.24, 2.45) is 0 Å². The Morgan fingerprint density at radius 1 is 1.00 bits per heavy atom. The zero-order valence-corrected chi connectivity index (χ0v) is 18.3. The van der Waals surface area contributed by atoms with E-state index in [0.717, 1.165) is 29.0 Å². The van der Waals surface area contributed by atoms with Crippen LogP contribution < -0.4 is 5.32 Å². The lowest BCUT2D eigenvalue weighted by Crippen LogP contribution is -2.19. The van der Waals surface area contributed by atoms with Crippen LogP contribution in [0.1, 0.15) is 32.4 Å². The largest absolute Gasteiger partial charge is 0.441 e. The van der Waals surface area contributed by atoms with Crippen molar-refractivity contribution < 1.29 is 9.52 Å². The first-order chi connectivity index (χ1) is 14.8. The van der Waals surface area contributed by atoms with Gasteiger partial charge in [0.05, 0.1) is 17.6 Å². The van der Waals surface area contributed by atoms with Gasteiger partial charge in [-0.2, -0.15) is 0 Å². The van der Waals surface area contributed by atoms with Gasteiger partial charge in [0.1, 0.15) is 5.60 Å². The van der Waals surface area contributed by atoms with E-state index in [-0.39, 0.29) is 0 Å². The molecule has 158 valence electrons. The molecule has 0 amide bonds. The first kappa shape index (κ1) is 21.0. The number of hydrogen-bond acceptors (Lipinski definition) is 6. The van der Waals surface area contributed by atoms with E-state index in [2.05, 4.69) is 20.3 Å². The number of aryl methyl sites for hydroxylation is 1. The Labute approximate surface area is 186 Å². The topological polar surface area (TPSA) is 84.1 Å². The van der Waals surface area contributed by atoms with Crippen LogP contribution in [0.3, 0.4) is 0 Å². The standard InChI is InChI=1S/C24H23ClN4O2/c1-4-22-26-14-20(31-22)16-7-11-18(12-8-16)27-23-28-19(13-21(29-23)24(2,3)30)15-5-9-17(25)10-6-15/h5-14,30H,4H2,1-3H3,(H,27,28,29). The molecule has 0 fully saturated rings. The molecule has 0 aliphatic heterocycles. The van der Waals surface area contributed by atoms with Crippen LogP contribution in [-0.2, 0) is 12.0 Å². The van der Waals surface area contributed by atoms with Crippen LogP contribution in [0.2, 0.25) is 5.02 Å². The lowest BCUT2D eigenvalue weighted by Gasteiger charge is -2.19. The molecular weight excluding hydrogens is 412 g/mol. The summed E-state index contributed by atoms with van der Waals surface area (Å²) in [5.41, 5.74) is 2.72. The van der Waals surface area contributed by atoms with Crippen molar-refractivity contribution in [1.29, 1.82) is 0 Å². The van der Waals surface area contributed by atoms with E-state index in [9.17, 15) is 5.11 Å². The second-order valence-electron chi connectivity index (χ2n) is 7.70.